The zero-order chi connectivity index (χ0) is 20.1. The van der Waals surface area contributed by atoms with Gasteiger partial charge < -0.3 is 0 Å². The number of anilines is 1. The van der Waals surface area contributed by atoms with Gasteiger partial charge >= 0.3 is 172 Å². The van der Waals surface area contributed by atoms with Crippen LogP contribution >= 0.6 is 0 Å². The molecule has 0 fully saturated rings. The molecule has 29 heavy (non-hydrogen) atoms. The molecule has 0 bridgehead atoms. The van der Waals surface area contributed by atoms with Gasteiger partial charge in [0, 0.05) is 0 Å². The molecule has 0 amide bonds. The van der Waals surface area contributed by atoms with Crippen molar-refractivity contribution >= 4 is 37.3 Å². The minimum absolute atomic E-state index is 0.0219. The van der Waals surface area contributed by atoms with E-state index in [0.29, 0.717) is 20.3 Å². The molecule has 6 heteroatoms. The summed E-state index contributed by atoms with van der Waals surface area (Å²) in [6.45, 7) is 0.600. The van der Waals surface area contributed by atoms with Crippen LogP contribution in [0.25, 0.3) is 0 Å². The van der Waals surface area contributed by atoms with Crippen LogP contribution in [0, 0.1) is 0 Å². The summed E-state index contributed by atoms with van der Waals surface area (Å²) in [5.41, 5.74) is 1.08. The van der Waals surface area contributed by atoms with Crippen LogP contribution in [0.2, 0.25) is 0 Å². The molecular weight excluding hydrogens is 427 g/mol. The van der Waals surface area contributed by atoms with Gasteiger partial charge in [-0.2, -0.15) is 0 Å². The van der Waals surface area contributed by atoms with E-state index in [-0.39, 0.29) is 4.62 Å². The van der Waals surface area contributed by atoms with Crippen LogP contribution in [0.5, 0.6) is 0 Å². The van der Waals surface area contributed by atoms with Crippen molar-refractivity contribution in [2.24, 2.45) is 0 Å². The van der Waals surface area contributed by atoms with Crippen LogP contribution in [-0.2, 0) is 4.79 Å². The third-order valence-corrected chi connectivity index (χ3v) is 13.2. The number of carbonyl (C=O) groups excluding carboxylic acids is 1. The van der Waals surface area contributed by atoms with Gasteiger partial charge in [0.1, 0.15) is 0 Å². The number of benzene rings is 1. The summed E-state index contributed by atoms with van der Waals surface area (Å²) >= 11 is -3.95. The number of carbonyl (C=O) groups is 1. The number of hydrogen-bond acceptors (Lipinski definition) is 5. The normalized spacial score (nSPS) is 11.8. The first-order chi connectivity index (χ1) is 14.2. The van der Waals surface area contributed by atoms with E-state index in [0.717, 1.165) is 5.69 Å². The van der Waals surface area contributed by atoms with Crippen molar-refractivity contribution in [2.45, 2.75) is 0 Å². The second-order valence-electron chi connectivity index (χ2n) is 6.66. The van der Waals surface area contributed by atoms with Gasteiger partial charge in [0.2, 0.25) is 0 Å². The molecule has 146 valence electrons. The summed E-state index contributed by atoms with van der Waals surface area (Å²) in [6, 6.07) is 20.9. The summed E-state index contributed by atoms with van der Waals surface area (Å²) in [6.07, 6.45) is 8.28. The quantitative estimate of drug-likeness (QED) is 0.307. The Morgan fingerprint density at radius 2 is 1.34 bits per heavy atom. The van der Waals surface area contributed by atoms with Gasteiger partial charge in [-0.3, -0.25) is 0 Å². The van der Waals surface area contributed by atoms with Gasteiger partial charge in [-0.15, -0.1) is 0 Å². The molecule has 0 radical (unpaired) electrons. The van der Waals surface area contributed by atoms with Gasteiger partial charge in [-0.05, 0) is 0 Å². The summed E-state index contributed by atoms with van der Waals surface area (Å²) in [5, 5.41) is 0. The van der Waals surface area contributed by atoms with Crippen LogP contribution in [0.3, 0.4) is 0 Å². The SMILES string of the molecule is CN(C/C=C/[C](=O)[Ge]([c]1ccco1)([c]1ccco1)[c]1ccco1)c1ccccc1. The van der Waals surface area contributed by atoms with Crippen LogP contribution in [0.15, 0.2) is 111 Å². The Bertz CT molecular complexity index is 968. The second-order valence-corrected chi connectivity index (χ2v) is 13.9. The number of para-hydroxylation sites is 1. The molecular formula is C23H21GeNO4. The molecule has 0 aliphatic heterocycles. The van der Waals surface area contributed by atoms with E-state index >= 15 is 0 Å². The Morgan fingerprint density at radius 1 is 0.828 bits per heavy atom. The first-order valence-corrected chi connectivity index (χ1v) is 13.5. The monoisotopic (exact) mass is 449 g/mol. The van der Waals surface area contributed by atoms with Gasteiger partial charge in [0.15, 0.2) is 0 Å². The molecule has 0 atom stereocenters. The van der Waals surface area contributed by atoms with E-state index in [4.69, 9.17) is 13.3 Å². The molecule has 0 N–H and O–H groups in total. The number of nitrogens with zero attached hydrogens (tertiary/aromatic N) is 1. The van der Waals surface area contributed by atoms with E-state index in [1.807, 2.05) is 61.7 Å². The first kappa shape index (κ1) is 19.1. The molecule has 1 aromatic carbocycles. The summed E-state index contributed by atoms with van der Waals surface area (Å²) in [5.74, 6) is 0. The molecule has 0 unspecified atom stereocenters. The summed E-state index contributed by atoms with van der Waals surface area (Å²) < 4.78 is 19.1. The topological polar surface area (TPSA) is 59.7 Å². The number of allylic oxidation sites excluding steroid dienone is 1. The standard InChI is InChI=1S/C23H21GeNO4/c1-25(19-9-3-2-4-10-19)15-5-11-20(26)24(21-12-6-16-27-21,22-13-7-17-28-22)23-14-8-18-29-23/h2-14,16-18H,15H2,1H3/b11-5+. The van der Waals surface area contributed by atoms with Gasteiger partial charge in [-0.25, -0.2) is 0 Å². The zero-order valence-electron chi connectivity index (χ0n) is 16.0. The first-order valence-electron chi connectivity index (χ1n) is 9.32. The van der Waals surface area contributed by atoms with Crippen molar-refractivity contribution in [3.8, 4) is 0 Å². The molecule has 5 nitrogen and oxygen atoms in total. The van der Waals surface area contributed by atoms with Crippen LogP contribution in [-0.4, -0.2) is 31.5 Å². The molecule has 0 saturated carbocycles. The molecule has 0 saturated heterocycles. The summed E-state index contributed by atoms with van der Waals surface area (Å²) in [4.78, 5) is 15.8. The van der Waals surface area contributed by atoms with E-state index in [9.17, 15) is 4.79 Å². The van der Waals surface area contributed by atoms with E-state index in [1.165, 1.54) is 0 Å². The number of hydrogen-bond donors (Lipinski definition) is 0. The van der Waals surface area contributed by atoms with Crippen LogP contribution < -0.4 is 18.7 Å². The second kappa shape index (κ2) is 8.45. The van der Waals surface area contributed by atoms with Crippen molar-refractivity contribution in [3.63, 3.8) is 0 Å². The Kier molecular flexibility index (Phi) is 5.58. The summed E-state index contributed by atoms with van der Waals surface area (Å²) in [7, 11) is 1.99. The predicted molar refractivity (Wildman–Crippen MR) is 115 cm³/mol. The number of rotatable bonds is 8. The molecule has 0 aliphatic carbocycles. The van der Waals surface area contributed by atoms with Gasteiger partial charge in [-0.1, -0.05) is 0 Å². The number of likely N-dealkylation sites (N-methyl/N-ethyl adjacent to an activating group) is 1. The van der Waals surface area contributed by atoms with Crippen molar-refractivity contribution in [1.29, 1.82) is 0 Å². The molecule has 0 aliphatic rings. The fourth-order valence-electron chi connectivity index (χ4n) is 3.44. The Labute approximate surface area is 171 Å². The van der Waals surface area contributed by atoms with Crippen molar-refractivity contribution in [3.05, 3.63) is 97.7 Å². The van der Waals surface area contributed by atoms with Crippen molar-refractivity contribution in [2.75, 3.05) is 18.5 Å². The fraction of sp³-hybridized carbons (Fsp3) is 0.0870. The molecule has 4 rings (SSSR count). The minimum atomic E-state index is -3.95. The zero-order valence-corrected chi connectivity index (χ0v) is 18.1. The Morgan fingerprint density at radius 3 is 1.79 bits per heavy atom. The third kappa shape index (κ3) is 3.61. The average molecular weight is 448 g/mol. The Balaban J connectivity index is 1.69. The average Bonchev–Trinajstić information content (AvgIpc) is 3.53. The molecule has 4 aromatic rings. The van der Waals surface area contributed by atoms with Crippen LogP contribution in [0.4, 0.5) is 5.69 Å². The van der Waals surface area contributed by atoms with Crippen molar-refractivity contribution in [1.82, 2.24) is 0 Å². The maximum atomic E-state index is 13.7. The number of furan rings is 3. The van der Waals surface area contributed by atoms with E-state index in [1.54, 1.807) is 43.1 Å². The fourth-order valence-corrected chi connectivity index (χ4v) is 11.0. The van der Waals surface area contributed by atoms with Crippen molar-refractivity contribution < 1.29 is 18.0 Å². The van der Waals surface area contributed by atoms with E-state index in [2.05, 4.69) is 4.90 Å². The van der Waals surface area contributed by atoms with E-state index < -0.39 is 13.3 Å². The van der Waals surface area contributed by atoms with Gasteiger partial charge in [0.25, 0.3) is 0 Å². The van der Waals surface area contributed by atoms with Crippen LogP contribution in [0.1, 0.15) is 0 Å². The maximum absolute atomic E-state index is 13.7. The van der Waals surface area contributed by atoms with Gasteiger partial charge in [0.05, 0.1) is 0 Å². The Hall–Kier alpha value is -3.19. The predicted octanol–water partition coefficient (Wildman–Crippen LogP) is 2.74. The molecule has 3 aromatic heterocycles. The molecule has 0 spiro atoms. The molecule has 3 heterocycles. The third-order valence-electron chi connectivity index (χ3n) is 4.89.